The quantitative estimate of drug-likeness (QED) is 0.0365. The van der Waals surface area contributed by atoms with Crippen LogP contribution >= 0.6 is 0 Å². The Morgan fingerprint density at radius 2 is 0.422 bits per heavy atom. The first-order valence-corrected chi connectivity index (χ1v) is 22.1. The summed E-state index contributed by atoms with van der Waals surface area (Å²) in [5.74, 6) is -0.378. The van der Waals surface area contributed by atoms with E-state index in [0.717, 1.165) is 25.7 Å². The van der Waals surface area contributed by atoms with Crippen LogP contribution in [-0.4, -0.2) is 37.4 Å². The maximum absolute atomic E-state index is 10.4. The third-order valence-electron chi connectivity index (χ3n) is 8.50. The molecule has 0 unspecified atom stereocenters. The third-order valence-corrected chi connectivity index (χ3v) is 10.1. The molecule has 0 atom stereocenters. The van der Waals surface area contributed by atoms with Crippen molar-refractivity contribution in [2.75, 3.05) is 11.5 Å². The van der Waals surface area contributed by atoms with Crippen LogP contribution in [0.15, 0.2) is 0 Å². The summed E-state index contributed by atoms with van der Waals surface area (Å²) in [6.45, 7) is 4.52. The van der Waals surface area contributed by atoms with E-state index in [2.05, 4.69) is 13.8 Å². The zero-order valence-electron chi connectivity index (χ0n) is 30.0. The second-order valence-corrected chi connectivity index (χ2v) is 16.2. The minimum absolute atomic E-state index is 0. The van der Waals surface area contributed by atoms with Gasteiger partial charge >= 0.3 is 27.3 Å². The molecule has 9 heteroatoms. The van der Waals surface area contributed by atoms with Gasteiger partial charge in [-0.3, -0.25) is 0 Å². The van der Waals surface area contributed by atoms with Gasteiger partial charge in [0.1, 0.15) is 0 Å². The minimum atomic E-state index is -3.99. The molecule has 0 fully saturated rings. The second kappa shape index (κ2) is 39.2. The van der Waals surface area contributed by atoms with Crippen LogP contribution in [0.5, 0.6) is 0 Å². The summed E-state index contributed by atoms with van der Waals surface area (Å²) in [7, 11) is -7.99. The fraction of sp³-hybridized carbons (Fsp3) is 1.00. The van der Waals surface area contributed by atoms with Gasteiger partial charge in [-0.25, -0.2) is 16.8 Å². The molecule has 0 aliphatic heterocycles. The molecular formula is C36H74CdO6S2. The summed E-state index contributed by atoms with van der Waals surface area (Å²) < 4.78 is 62.5. The zero-order valence-corrected chi connectivity index (χ0v) is 35.7. The van der Waals surface area contributed by atoms with E-state index in [4.69, 9.17) is 0 Å². The summed E-state index contributed by atoms with van der Waals surface area (Å²) in [5, 5.41) is 0. The fourth-order valence-electron chi connectivity index (χ4n) is 5.65. The van der Waals surface area contributed by atoms with Gasteiger partial charge in [-0.05, 0) is 12.8 Å². The molecule has 0 spiro atoms. The van der Waals surface area contributed by atoms with Gasteiger partial charge in [-0.15, -0.1) is 0 Å². The van der Waals surface area contributed by atoms with Crippen LogP contribution in [-0.2, 0) is 47.5 Å². The van der Waals surface area contributed by atoms with E-state index in [1.54, 1.807) is 0 Å². The summed E-state index contributed by atoms with van der Waals surface area (Å²) in [4.78, 5) is 0. The smallest absolute Gasteiger partial charge is 0.748 e. The molecule has 268 valence electrons. The van der Waals surface area contributed by atoms with Gasteiger partial charge in [0.05, 0.1) is 20.2 Å². The van der Waals surface area contributed by atoms with Gasteiger partial charge in [0.25, 0.3) is 0 Å². The van der Waals surface area contributed by atoms with Gasteiger partial charge in [-0.1, -0.05) is 206 Å². The first-order valence-electron chi connectivity index (χ1n) is 19.0. The monoisotopic (exact) mass is 780 g/mol. The molecule has 0 heterocycles. The van der Waals surface area contributed by atoms with Crippen molar-refractivity contribution in [1.29, 1.82) is 0 Å². The topological polar surface area (TPSA) is 114 Å². The maximum Gasteiger partial charge on any atom is 2.00 e. The first kappa shape index (κ1) is 50.1. The van der Waals surface area contributed by atoms with Crippen LogP contribution in [0.25, 0.3) is 0 Å². The number of hydrogen-bond donors (Lipinski definition) is 0. The van der Waals surface area contributed by atoms with Crippen molar-refractivity contribution in [3.8, 4) is 0 Å². The molecule has 6 nitrogen and oxygen atoms in total. The van der Waals surface area contributed by atoms with Crippen LogP contribution in [0, 0.1) is 0 Å². The van der Waals surface area contributed by atoms with Crippen LogP contribution in [0.4, 0.5) is 0 Å². The average Bonchev–Trinajstić information content (AvgIpc) is 2.96. The van der Waals surface area contributed by atoms with Crippen molar-refractivity contribution in [3.63, 3.8) is 0 Å². The number of rotatable bonds is 34. The Kier molecular flexibility index (Phi) is 43.6. The molecule has 0 aromatic rings. The van der Waals surface area contributed by atoms with E-state index in [-0.39, 0.29) is 38.8 Å². The van der Waals surface area contributed by atoms with Gasteiger partial charge in [0.2, 0.25) is 0 Å². The van der Waals surface area contributed by atoms with E-state index in [1.807, 2.05) is 0 Å². The second-order valence-electron chi connectivity index (χ2n) is 13.1. The largest absolute Gasteiger partial charge is 2.00 e. The van der Waals surface area contributed by atoms with Crippen molar-refractivity contribution >= 4 is 20.2 Å². The van der Waals surface area contributed by atoms with Crippen LogP contribution in [0.1, 0.15) is 219 Å². The summed E-state index contributed by atoms with van der Waals surface area (Å²) in [6, 6.07) is 0. The molecule has 0 bridgehead atoms. The molecule has 0 aliphatic carbocycles. The molecule has 0 rings (SSSR count). The maximum atomic E-state index is 10.4. The third kappa shape index (κ3) is 54.5. The fourth-order valence-corrected chi connectivity index (χ4v) is 6.77. The van der Waals surface area contributed by atoms with E-state index < -0.39 is 20.2 Å². The molecule has 0 saturated carbocycles. The van der Waals surface area contributed by atoms with Crippen molar-refractivity contribution in [3.05, 3.63) is 0 Å². The molecule has 0 amide bonds. The van der Waals surface area contributed by atoms with Gasteiger partial charge in [0, 0.05) is 11.5 Å². The SMILES string of the molecule is CCCCCCCCCCCCCCCCCCS(=O)(=O)[O-].CCCCCCCCCCCCCCCCCCS(=O)(=O)[O-].[Cd+2]. The molecule has 45 heavy (non-hydrogen) atoms. The molecule has 0 radical (unpaired) electrons. The summed E-state index contributed by atoms with van der Waals surface area (Å²) in [5.41, 5.74) is 0. The average molecular weight is 780 g/mol. The Bertz CT molecular complexity index is 696. The Morgan fingerprint density at radius 1 is 0.289 bits per heavy atom. The number of hydrogen-bond acceptors (Lipinski definition) is 6. The molecule has 0 saturated heterocycles. The predicted molar refractivity (Wildman–Crippen MR) is 188 cm³/mol. The van der Waals surface area contributed by atoms with Crippen LogP contribution in [0.3, 0.4) is 0 Å². The summed E-state index contributed by atoms with van der Waals surface area (Å²) in [6.07, 6.45) is 40.1. The molecular weight excluding hydrogens is 705 g/mol. The van der Waals surface area contributed by atoms with Crippen molar-refractivity contribution in [2.45, 2.75) is 219 Å². The Balaban J connectivity index is -0.000000767. The van der Waals surface area contributed by atoms with Crippen molar-refractivity contribution in [2.24, 2.45) is 0 Å². The Labute approximate surface area is 302 Å². The van der Waals surface area contributed by atoms with Crippen molar-refractivity contribution in [1.82, 2.24) is 0 Å². The van der Waals surface area contributed by atoms with E-state index >= 15 is 0 Å². The number of unbranched alkanes of at least 4 members (excludes halogenated alkanes) is 30. The van der Waals surface area contributed by atoms with Crippen molar-refractivity contribution < 1.29 is 53.2 Å². The van der Waals surface area contributed by atoms with Crippen LogP contribution in [0.2, 0.25) is 0 Å². The van der Waals surface area contributed by atoms with E-state index in [0.29, 0.717) is 12.8 Å². The predicted octanol–water partition coefficient (Wildman–Crippen LogP) is 11.6. The Morgan fingerprint density at radius 3 is 0.556 bits per heavy atom. The van der Waals surface area contributed by atoms with Crippen LogP contribution < -0.4 is 0 Å². The molecule has 0 aromatic heterocycles. The Hall–Kier alpha value is 0.742. The van der Waals surface area contributed by atoms with Gasteiger partial charge in [-0.2, -0.15) is 0 Å². The standard InChI is InChI=1S/2C18H38O3S.Cd/c2*1-2-3-4-5-6-7-8-9-10-11-12-13-14-15-16-17-18-22(19,20)21;/h2*2-18H2,1H3,(H,19,20,21);/q;;+2/p-2. The molecule has 0 aromatic carbocycles. The zero-order chi connectivity index (χ0) is 33.0. The molecule has 0 aliphatic rings. The summed E-state index contributed by atoms with van der Waals surface area (Å²) >= 11 is 0. The van der Waals surface area contributed by atoms with Gasteiger partial charge < -0.3 is 9.11 Å². The molecule has 0 N–H and O–H groups in total. The first-order chi connectivity index (χ1) is 21.1. The van der Waals surface area contributed by atoms with E-state index in [1.165, 1.54) is 167 Å². The van der Waals surface area contributed by atoms with Gasteiger partial charge in [0.15, 0.2) is 0 Å². The normalized spacial score (nSPS) is 11.6. The minimum Gasteiger partial charge on any atom is -0.748 e. The van der Waals surface area contributed by atoms with E-state index in [9.17, 15) is 25.9 Å².